The highest BCUT2D eigenvalue weighted by atomic mass is 16.6. The molecule has 9 heteroatoms. The third kappa shape index (κ3) is 11.1. The van der Waals surface area contributed by atoms with Crippen molar-refractivity contribution in [3.8, 4) is 0 Å². The molecule has 1 aromatic carbocycles. The van der Waals surface area contributed by atoms with Gasteiger partial charge in [-0.05, 0) is 52.0 Å². The quantitative estimate of drug-likeness (QED) is 0.392. The van der Waals surface area contributed by atoms with Gasteiger partial charge in [-0.3, -0.25) is 14.4 Å². The minimum atomic E-state index is -0.934. The van der Waals surface area contributed by atoms with Crippen LogP contribution in [0.25, 0.3) is 0 Å². The molecule has 36 heavy (non-hydrogen) atoms. The number of alkyl carbamates (subject to hydrolysis) is 1. The first kappa shape index (κ1) is 30.9. The van der Waals surface area contributed by atoms with Crippen molar-refractivity contribution in [2.75, 3.05) is 19.7 Å². The van der Waals surface area contributed by atoms with Crippen molar-refractivity contribution in [1.82, 2.24) is 15.5 Å². The van der Waals surface area contributed by atoms with Crippen LogP contribution in [0.3, 0.4) is 0 Å². The Kier molecular flexibility index (Phi) is 13.0. The maximum absolute atomic E-state index is 13.9. The molecule has 0 saturated carbocycles. The average molecular weight is 506 g/mol. The topological polar surface area (TPSA) is 114 Å². The Labute approximate surface area is 215 Å². The molecule has 0 bridgehead atoms. The van der Waals surface area contributed by atoms with Gasteiger partial charge in [0.15, 0.2) is 0 Å². The van der Waals surface area contributed by atoms with Crippen molar-refractivity contribution in [1.29, 1.82) is 0 Å². The molecular formula is C27H43N3O6. The molecular weight excluding hydrogens is 462 g/mol. The fourth-order valence-corrected chi connectivity index (χ4v) is 3.68. The van der Waals surface area contributed by atoms with Gasteiger partial charge < -0.3 is 25.0 Å². The van der Waals surface area contributed by atoms with E-state index in [0.717, 1.165) is 0 Å². The van der Waals surface area contributed by atoms with Crippen molar-refractivity contribution >= 4 is 23.9 Å². The molecule has 0 aliphatic heterocycles. The molecule has 1 rings (SSSR count). The maximum atomic E-state index is 13.9. The van der Waals surface area contributed by atoms with Crippen LogP contribution in [0.1, 0.15) is 79.3 Å². The first-order valence-electron chi connectivity index (χ1n) is 12.7. The third-order valence-corrected chi connectivity index (χ3v) is 5.05. The predicted molar refractivity (Wildman–Crippen MR) is 138 cm³/mol. The Balaban J connectivity index is 3.26. The number of carbonyl (C=O) groups is 4. The van der Waals surface area contributed by atoms with Gasteiger partial charge in [-0.2, -0.15) is 0 Å². The summed E-state index contributed by atoms with van der Waals surface area (Å²) < 4.78 is 10.3. The fourth-order valence-electron chi connectivity index (χ4n) is 3.68. The Bertz CT molecular complexity index is 851. The third-order valence-electron chi connectivity index (χ3n) is 5.05. The molecule has 202 valence electrons. The predicted octanol–water partition coefficient (Wildman–Crippen LogP) is 3.98. The summed E-state index contributed by atoms with van der Waals surface area (Å²) >= 11 is 0. The molecule has 0 heterocycles. The zero-order valence-corrected chi connectivity index (χ0v) is 22.8. The summed E-state index contributed by atoms with van der Waals surface area (Å²) in [5.41, 5.74) is -0.0854. The number of nitrogens with zero attached hydrogens (tertiary/aromatic N) is 1. The van der Waals surface area contributed by atoms with E-state index in [2.05, 4.69) is 10.6 Å². The summed E-state index contributed by atoms with van der Waals surface area (Å²) in [6, 6.07) is 7.19. The van der Waals surface area contributed by atoms with Gasteiger partial charge in [0, 0.05) is 13.1 Å². The molecule has 2 unspecified atom stereocenters. The standard InChI is InChI=1S/C27H43N3O6/c1-8-17-30(25(33)21(18-19(3)4)29-26(34)36-27(5,6)7)23(20-13-11-10-12-14-20)24(32)28-16-15-22(31)35-9-2/h10-14,19,21,23H,8-9,15-18H2,1-7H3,(H,28,32)(H,29,34). The number of hydrogen-bond donors (Lipinski definition) is 2. The van der Waals surface area contributed by atoms with E-state index in [1.54, 1.807) is 52.0 Å². The second-order valence-corrected chi connectivity index (χ2v) is 10.0. The van der Waals surface area contributed by atoms with Gasteiger partial charge >= 0.3 is 12.1 Å². The SMILES string of the molecule is CCCN(C(=O)C(CC(C)C)NC(=O)OC(C)(C)C)C(C(=O)NCCC(=O)OCC)c1ccccc1. The van der Waals surface area contributed by atoms with E-state index in [1.165, 1.54) is 4.90 Å². The highest BCUT2D eigenvalue weighted by Crippen LogP contribution is 2.24. The lowest BCUT2D eigenvalue weighted by molar-refractivity contribution is -0.144. The van der Waals surface area contributed by atoms with Crippen LogP contribution < -0.4 is 10.6 Å². The zero-order chi connectivity index (χ0) is 27.3. The lowest BCUT2D eigenvalue weighted by Gasteiger charge is -2.34. The Morgan fingerprint density at radius 1 is 1.03 bits per heavy atom. The van der Waals surface area contributed by atoms with Crippen molar-refractivity contribution in [2.24, 2.45) is 5.92 Å². The van der Waals surface area contributed by atoms with Crippen molar-refractivity contribution in [2.45, 2.75) is 85.4 Å². The van der Waals surface area contributed by atoms with Gasteiger partial charge in [-0.1, -0.05) is 51.1 Å². The molecule has 0 spiro atoms. The molecule has 9 nitrogen and oxygen atoms in total. The Hall–Kier alpha value is -3.10. The minimum Gasteiger partial charge on any atom is -0.466 e. The largest absolute Gasteiger partial charge is 0.466 e. The van der Waals surface area contributed by atoms with Crippen LogP contribution in [0.5, 0.6) is 0 Å². The Morgan fingerprint density at radius 2 is 1.67 bits per heavy atom. The number of carbonyl (C=O) groups excluding carboxylic acids is 4. The highest BCUT2D eigenvalue weighted by Gasteiger charge is 2.36. The normalized spacial score (nSPS) is 12.9. The van der Waals surface area contributed by atoms with Crippen LogP contribution in [0.4, 0.5) is 4.79 Å². The summed E-state index contributed by atoms with van der Waals surface area (Å²) in [5.74, 6) is -1.08. The van der Waals surface area contributed by atoms with Crippen LogP contribution in [-0.4, -0.2) is 60.1 Å². The fraction of sp³-hybridized carbons (Fsp3) is 0.630. The molecule has 0 aliphatic rings. The van der Waals surface area contributed by atoms with Gasteiger partial charge in [-0.15, -0.1) is 0 Å². The van der Waals surface area contributed by atoms with E-state index in [9.17, 15) is 19.2 Å². The van der Waals surface area contributed by atoms with E-state index in [0.29, 0.717) is 24.9 Å². The number of hydrogen-bond acceptors (Lipinski definition) is 6. The van der Waals surface area contributed by atoms with Crippen LogP contribution >= 0.6 is 0 Å². The van der Waals surface area contributed by atoms with E-state index in [1.807, 2.05) is 26.8 Å². The molecule has 1 aromatic rings. The summed E-state index contributed by atoms with van der Waals surface area (Å²) in [5, 5.41) is 5.49. The summed E-state index contributed by atoms with van der Waals surface area (Å²) in [6.07, 6.45) is 0.322. The van der Waals surface area contributed by atoms with Gasteiger partial charge in [0.1, 0.15) is 17.7 Å². The van der Waals surface area contributed by atoms with E-state index in [4.69, 9.17) is 9.47 Å². The highest BCUT2D eigenvalue weighted by molar-refractivity contribution is 5.92. The maximum Gasteiger partial charge on any atom is 0.408 e. The van der Waals surface area contributed by atoms with Gasteiger partial charge in [-0.25, -0.2) is 4.79 Å². The molecule has 3 amide bonds. The Morgan fingerprint density at radius 3 is 2.19 bits per heavy atom. The summed E-state index contributed by atoms with van der Waals surface area (Å²) in [7, 11) is 0. The summed E-state index contributed by atoms with van der Waals surface area (Å²) in [4.78, 5) is 53.0. The summed E-state index contributed by atoms with van der Waals surface area (Å²) in [6.45, 7) is 13.4. The van der Waals surface area contributed by atoms with E-state index >= 15 is 0 Å². The molecule has 0 aromatic heterocycles. The van der Waals surface area contributed by atoms with E-state index < -0.39 is 35.7 Å². The first-order chi connectivity index (χ1) is 16.9. The first-order valence-corrected chi connectivity index (χ1v) is 12.7. The number of amides is 3. The monoisotopic (exact) mass is 505 g/mol. The van der Waals surface area contributed by atoms with Crippen LogP contribution in [0.15, 0.2) is 30.3 Å². The van der Waals surface area contributed by atoms with E-state index in [-0.39, 0.29) is 31.4 Å². The van der Waals surface area contributed by atoms with Gasteiger partial charge in [0.05, 0.1) is 13.0 Å². The zero-order valence-electron chi connectivity index (χ0n) is 22.8. The molecule has 0 aliphatic carbocycles. The van der Waals surface area contributed by atoms with Crippen LogP contribution in [0, 0.1) is 5.92 Å². The van der Waals surface area contributed by atoms with Crippen LogP contribution in [0.2, 0.25) is 0 Å². The van der Waals surface area contributed by atoms with Crippen molar-refractivity contribution < 1.29 is 28.7 Å². The lowest BCUT2D eigenvalue weighted by Crippen LogP contribution is -2.53. The van der Waals surface area contributed by atoms with Crippen molar-refractivity contribution in [3.63, 3.8) is 0 Å². The number of esters is 1. The molecule has 0 fully saturated rings. The molecule has 2 N–H and O–H groups in total. The van der Waals surface area contributed by atoms with Gasteiger partial charge in [0.2, 0.25) is 11.8 Å². The smallest absolute Gasteiger partial charge is 0.408 e. The second-order valence-electron chi connectivity index (χ2n) is 10.0. The van der Waals surface area contributed by atoms with Crippen molar-refractivity contribution in [3.05, 3.63) is 35.9 Å². The minimum absolute atomic E-state index is 0.0268. The van der Waals surface area contributed by atoms with Gasteiger partial charge in [0.25, 0.3) is 0 Å². The second kappa shape index (κ2) is 15.1. The lowest BCUT2D eigenvalue weighted by atomic mass is 9.99. The molecule has 0 saturated heterocycles. The average Bonchev–Trinajstić information content (AvgIpc) is 2.77. The number of nitrogens with one attached hydrogen (secondary N) is 2. The number of benzene rings is 1. The molecule has 0 radical (unpaired) electrons. The number of ether oxygens (including phenoxy) is 2. The van der Waals surface area contributed by atoms with Crippen LogP contribution in [-0.2, 0) is 23.9 Å². The molecule has 2 atom stereocenters. The number of rotatable bonds is 13.